The topological polar surface area (TPSA) is 29.1 Å². The fourth-order valence-electron chi connectivity index (χ4n) is 1.27. The molecular weight excluding hydrogens is 181 g/mol. The first kappa shape index (κ1) is 10.9. The largest absolute Gasteiger partial charge is 0.319 e. The monoisotopic (exact) mass is 195 g/mol. The summed E-state index contributed by atoms with van der Waals surface area (Å²) in [6, 6.07) is 4.29. The molecule has 0 atom stereocenters. The van der Waals surface area contributed by atoms with Gasteiger partial charge in [-0.25, -0.2) is 4.39 Å². The Morgan fingerprint density at radius 1 is 1.50 bits per heavy atom. The van der Waals surface area contributed by atoms with E-state index in [0.717, 1.165) is 5.56 Å². The third kappa shape index (κ3) is 2.64. The summed E-state index contributed by atoms with van der Waals surface area (Å²) < 4.78 is 12.9. The summed E-state index contributed by atoms with van der Waals surface area (Å²) in [5.74, 6) is -0.375. The van der Waals surface area contributed by atoms with Crippen molar-refractivity contribution in [1.29, 1.82) is 0 Å². The zero-order chi connectivity index (χ0) is 10.6. The van der Waals surface area contributed by atoms with Gasteiger partial charge in [0.15, 0.2) is 5.78 Å². The van der Waals surface area contributed by atoms with Gasteiger partial charge in [0.05, 0.1) is 0 Å². The van der Waals surface area contributed by atoms with Crippen molar-refractivity contribution in [2.45, 2.75) is 13.3 Å². The number of carbonyl (C=O) groups is 1. The lowest BCUT2D eigenvalue weighted by Gasteiger charge is -2.04. The fraction of sp³-hybridized carbons (Fsp3) is 0.364. The van der Waals surface area contributed by atoms with E-state index in [1.165, 1.54) is 12.1 Å². The third-order valence-electron chi connectivity index (χ3n) is 2.10. The van der Waals surface area contributed by atoms with E-state index in [9.17, 15) is 9.18 Å². The predicted octanol–water partition coefficient (Wildman–Crippen LogP) is 1.93. The average Bonchev–Trinajstić information content (AvgIpc) is 2.18. The van der Waals surface area contributed by atoms with Crippen molar-refractivity contribution in [3.63, 3.8) is 0 Å². The molecule has 0 radical (unpaired) electrons. The van der Waals surface area contributed by atoms with Crippen molar-refractivity contribution in [3.8, 4) is 0 Å². The molecule has 0 aromatic heterocycles. The summed E-state index contributed by atoms with van der Waals surface area (Å²) in [7, 11) is 1.78. The van der Waals surface area contributed by atoms with Crippen LogP contribution in [0.5, 0.6) is 0 Å². The molecule has 0 bridgehead atoms. The van der Waals surface area contributed by atoms with Crippen molar-refractivity contribution in [1.82, 2.24) is 5.32 Å². The van der Waals surface area contributed by atoms with Crippen molar-refractivity contribution in [2.75, 3.05) is 13.6 Å². The normalized spacial score (nSPS) is 10.2. The van der Waals surface area contributed by atoms with Crippen molar-refractivity contribution in [2.24, 2.45) is 0 Å². The highest BCUT2D eigenvalue weighted by molar-refractivity contribution is 5.97. The minimum atomic E-state index is -0.358. The molecule has 0 amide bonds. The molecular formula is C11H14FNO. The minimum Gasteiger partial charge on any atom is -0.319 e. The van der Waals surface area contributed by atoms with E-state index < -0.39 is 0 Å². The van der Waals surface area contributed by atoms with Crippen molar-refractivity contribution < 1.29 is 9.18 Å². The molecule has 1 rings (SSSR count). The quantitative estimate of drug-likeness (QED) is 0.744. The third-order valence-corrected chi connectivity index (χ3v) is 2.10. The van der Waals surface area contributed by atoms with Crippen LogP contribution in [0.2, 0.25) is 0 Å². The van der Waals surface area contributed by atoms with Crippen LogP contribution >= 0.6 is 0 Å². The van der Waals surface area contributed by atoms with Gasteiger partial charge < -0.3 is 5.32 Å². The highest BCUT2D eigenvalue weighted by Crippen LogP contribution is 2.12. The fourth-order valence-corrected chi connectivity index (χ4v) is 1.27. The molecule has 76 valence electrons. The van der Waals surface area contributed by atoms with E-state index in [0.29, 0.717) is 18.5 Å². The molecule has 0 spiro atoms. The van der Waals surface area contributed by atoms with E-state index in [1.807, 2.05) is 6.92 Å². The minimum absolute atomic E-state index is 0.0173. The van der Waals surface area contributed by atoms with E-state index in [2.05, 4.69) is 5.32 Å². The van der Waals surface area contributed by atoms with Crippen LogP contribution in [0.3, 0.4) is 0 Å². The zero-order valence-electron chi connectivity index (χ0n) is 8.43. The number of ketones is 1. The van der Waals surface area contributed by atoms with Gasteiger partial charge in [0.2, 0.25) is 0 Å². The maximum atomic E-state index is 12.9. The Bertz CT molecular complexity index is 336. The highest BCUT2D eigenvalue weighted by atomic mass is 19.1. The maximum Gasteiger partial charge on any atom is 0.164 e. The second-order valence-electron chi connectivity index (χ2n) is 3.24. The molecule has 14 heavy (non-hydrogen) atoms. The van der Waals surface area contributed by atoms with Crippen LogP contribution in [-0.2, 0) is 0 Å². The van der Waals surface area contributed by atoms with Crippen molar-refractivity contribution in [3.05, 3.63) is 35.1 Å². The number of rotatable bonds is 4. The van der Waals surface area contributed by atoms with Crippen LogP contribution in [0, 0.1) is 12.7 Å². The van der Waals surface area contributed by atoms with E-state index in [4.69, 9.17) is 0 Å². The molecule has 0 aliphatic heterocycles. The second-order valence-corrected chi connectivity index (χ2v) is 3.24. The van der Waals surface area contributed by atoms with Crippen LogP contribution in [0.4, 0.5) is 4.39 Å². The molecule has 1 N–H and O–H groups in total. The molecule has 0 unspecified atom stereocenters. The number of Topliss-reactive ketones (excluding diaryl/α,β-unsaturated/α-hetero) is 1. The van der Waals surface area contributed by atoms with Gasteiger partial charge in [0.25, 0.3) is 0 Å². The number of halogens is 1. The lowest BCUT2D eigenvalue weighted by molar-refractivity contribution is 0.0982. The number of hydrogen-bond acceptors (Lipinski definition) is 2. The van der Waals surface area contributed by atoms with Gasteiger partial charge in [-0.3, -0.25) is 4.79 Å². The summed E-state index contributed by atoms with van der Waals surface area (Å²) in [6.45, 7) is 2.43. The maximum absolute atomic E-state index is 12.9. The summed E-state index contributed by atoms with van der Waals surface area (Å²) >= 11 is 0. The molecule has 0 saturated carbocycles. The molecule has 2 nitrogen and oxygen atoms in total. The molecule has 3 heteroatoms. The van der Waals surface area contributed by atoms with Crippen LogP contribution < -0.4 is 5.32 Å². The summed E-state index contributed by atoms with van der Waals surface area (Å²) in [5, 5.41) is 2.89. The first-order valence-electron chi connectivity index (χ1n) is 4.59. The molecule has 1 aromatic rings. The summed E-state index contributed by atoms with van der Waals surface area (Å²) in [4.78, 5) is 11.6. The lowest BCUT2D eigenvalue weighted by atomic mass is 10.0. The average molecular weight is 195 g/mol. The van der Waals surface area contributed by atoms with Gasteiger partial charge in [-0.1, -0.05) is 6.07 Å². The SMILES string of the molecule is CNCCC(=O)c1cc(F)ccc1C. The number of aryl methyl sites for hydroxylation is 1. The van der Waals surface area contributed by atoms with E-state index in [-0.39, 0.29) is 11.6 Å². The number of hydrogen-bond donors (Lipinski definition) is 1. The zero-order valence-corrected chi connectivity index (χ0v) is 8.43. The molecule has 0 aliphatic rings. The summed E-state index contributed by atoms with van der Waals surface area (Å²) in [5.41, 5.74) is 1.31. The Kier molecular flexibility index (Phi) is 3.77. The predicted molar refractivity (Wildman–Crippen MR) is 54.0 cm³/mol. The number of nitrogens with one attached hydrogen (secondary N) is 1. The van der Waals surface area contributed by atoms with Gasteiger partial charge in [0.1, 0.15) is 5.82 Å². The number of carbonyl (C=O) groups excluding carboxylic acids is 1. The smallest absolute Gasteiger partial charge is 0.164 e. The molecule has 0 fully saturated rings. The Morgan fingerprint density at radius 3 is 2.86 bits per heavy atom. The Balaban J connectivity index is 2.83. The van der Waals surface area contributed by atoms with Crippen LogP contribution in [0.1, 0.15) is 22.3 Å². The highest BCUT2D eigenvalue weighted by Gasteiger charge is 2.08. The molecule has 0 aliphatic carbocycles. The molecule has 0 heterocycles. The van der Waals surface area contributed by atoms with Crippen molar-refractivity contribution >= 4 is 5.78 Å². The Labute approximate surface area is 83.1 Å². The Morgan fingerprint density at radius 2 is 2.21 bits per heavy atom. The Hall–Kier alpha value is -1.22. The van der Waals surface area contributed by atoms with Gasteiger partial charge in [-0.05, 0) is 31.7 Å². The van der Waals surface area contributed by atoms with Crippen LogP contribution in [0.15, 0.2) is 18.2 Å². The van der Waals surface area contributed by atoms with E-state index in [1.54, 1.807) is 13.1 Å². The molecule has 0 saturated heterocycles. The first-order valence-corrected chi connectivity index (χ1v) is 4.59. The molecule has 1 aromatic carbocycles. The summed E-state index contributed by atoms with van der Waals surface area (Å²) in [6.07, 6.45) is 0.404. The van der Waals surface area contributed by atoms with Gasteiger partial charge in [-0.15, -0.1) is 0 Å². The van der Waals surface area contributed by atoms with Gasteiger partial charge in [0, 0.05) is 18.5 Å². The standard InChI is InChI=1S/C11H14FNO/c1-8-3-4-9(12)7-10(8)11(14)5-6-13-2/h3-4,7,13H,5-6H2,1-2H3. The van der Waals surface area contributed by atoms with E-state index >= 15 is 0 Å². The first-order chi connectivity index (χ1) is 6.65. The second kappa shape index (κ2) is 4.86. The van der Waals surface area contributed by atoms with Crippen LogP contribution in [-0.4, -0.2) is 19.4 Å². The lowest BCUT2D eigenvalue weighted by Crippen LogP contribution is -2.13. The van der Waals surface area contributed by atoms with Gasteiger partial charge >= 0.3 is 0 Å². The number of benzene rings is 1. The van der Waals surface area contributed by atoms with Crippen LogP contribution in [0.25, 0.3) is 0 Å². The van der Waals surface area contributed by atoms with Gasteiger partial charge in [-0.2, -0.15) is 0 Å².